The third-order valence-corrected chi connectivity index (χ3v) is 3.09. The zero-order valence-corrected chi connectivity index (χ0v) is 9.97. The molecule has 0 saturated carbocycles. The van der Waals surface area contributed by atoms with E-state index in [-0.39, 0.29) is 5.78 Å². The molecule has 0 saturated heterocycles. The lowest BCUT2D eigenvalue weighted by Gasteiger charge is -2.20. The fourth-order valence-corrected chi connectivity index (χ4v) is 1.75. The van der Waals surface area contributed by atoms with Gasteiger partial charge in [-0.3, -0.25) is 9.78 Å². The third-order valence-electron chi connectivity index (χ3n) is 3.09. The lowest BCUT2D eigenvalue weighted by atomic mass is 9.91. The first-order chi connectivity index (χ1) is 8.06. The second kappa shape index (κ2) is 4.26. The topological polar surface area (TPSA) is 50.2 Å². The predicted octanol–water partition coefficient (Wildman–Crippen LogP) is 2.58. The molecular formula is C14H15NO2. The van der Waals surface area contributed by atoms with Crippen LogP contribution in [0.3, 0.4) is 0 Å². The second-order valence-corrected chi connectivity index (χ2v) is 4.36. The predicted molar refractivity (Wildman–Crippen MR) is 67.0 cm³/mol. The van der Waals surface area contributed by atoms with Crippen molar-refractivity contribution in [2.24, 2.45) is 0 Å². The largest absolute Gasteiger partial charge is 0.382 e. The van der Waals surface area contributed by atoms with Gasteiger partial charge in [-0.05, 0) is 18.7 Å². The van der Waals surface area contributed by atoms with Gasteiger partial charge in [-0.2, -0.15) is 0 Å². The molecule has 1 N–H and O–H groups in total. The first-order valence-electron chi connectivity index (χ1n) is 5.66. The van der Waals surface area contributed by atoms with Crippen LogP contribution in [-0.4, -0.2) is 21.5 Å². The third kappa shape index (κ3) is 2.06. The monoisotopic (exact) mass is 229 g/mol. The van der Waals surface area contributed by atoms with Crippen molar-refractivity contribution in [1.82, 2.24) is 4.98 Å². The number of hydrogen-bond donors (Lipinski definition) is 1. The molecule has 1 unspecified atom stereocenters. The highest BCUT2D eigenvalue weighted by atomic mass is 16.3. The summed E-state index contributed by atoms with van der Waals surface area (Å²) in [6.45, 7) is 3.33. The minimum Gasteiger partial charge on any atom is -0.382 e. The van der Waals surface area contributed by atoms with Crippen LogP contribution in [0.1, 0.15) is 30.6 Å². The molecule has 3 heteroatoms. The number of hydrogen-bond acceptors (Lipinski definition) is 3. The van der Waals surface area contributed by atoms with Gasteiger partial charge in [-0.15, -0.1) is 0 Å². The van der Waals surface area contributed by atoms with Crippen molar-refractivity contribution in [3.05, 3.63) is 42.2 Å². The summed E-state index contributed by atoms with van der Waals surface area (Å²) in [5.74, 6) is -0.274. The summed E-state index contributed by atoms with van der Waals surface area (Å²) in [4.78, 5) is 16.3. The maximum Gasteiger partial charge on any atom is 0.196 e. The molecule has 0 aliphatic rings. The minimum atomic E-state index is -1.33. The molecule has 1 atom stereocenters. The van der Waals surface area contributed by atoms with E-state index in [1.807, 2.05) is 24.3 Å². The summed E-state index contributed by atoms with van der Waals surface area (Å²) in [5.41, 5.74) is -0.846. The van der Waals surface area contributed by atoms with Gasteiger partial charge in [0.15, 0.2) is 5.78 Å². The van der Waals surface area contributed by atoms with Gasteiger partial charge in [0.2, 0.25) is 0 Å². The molecule has 1 aromatic carbocycles. The standard InChI is InChI=1S/C14H15NO2/c1-3-14(2,17)13(16)12-9-15-8-10-6-4-5-7-11(10)12/h4-9,17H,3H2,1-2H3. The van der Waals surface area contributed by atoms with Crippen molar-refractivity contribution < 1.29 is 9.90 Å². The van der Waals surface area contributed by atoms with Gasteiger partial charge < -0.3 is 5.11 Å². The summed E-state index contributed by atoms with van der Waals surface area (Å²) >= 11 is 0. The van der Waals surface area contributed by atoms with Crippen molar-refractivity contribution in [2.45, 2.75) is 25.9 Å². The Morgan fingerprint density at radius 1 is 1.35 bits per heavy atom. The molecule has 0 aliphatic heterocycles. The van der Waals surface area contributed by atoms with Gasteiger partial charge in [0, 0.05) is 23.3 Å². The van der Waals surface area contributed by atoms with Crippen LogP contribution in [0.2, 0.25) is 0 Å². The van der Waals surface area contributed by atoms with E-state index in [0.29, 0.717) is 12.0 Å². The molecule has 0 fully saturated rings. The molecule has 17 heavy (non-hydrogen) atoms. The highest BCUT2D eigenvalue weighted by Gasteiger charge is 2.30. The Bertz CT molecular complexity index is 556. The smallest absolute Gasteiger partial charge is 0.196 e. The molecule has 2 aromatic rings. The molecule has 88 valence electrons. The van der Waals surface area contributed by atoms with Crippen LogP contribution in [0.4, 0.5) is 0 Å². The summed E-state index contributed by atoms with van der Waals surface area (Å²) in [7, 11) is 0. The van der Waals surface area contributed by atoms with Crippen LogP contribution in [0.5, 0.6) is 0 Å². The Morgan fingerprint density at radius 2 is 2.06 bits per heavy atom. The van der Waals surface area contributed by atoms with E-state index in [0.717, 1.165) is 10.8 Å². The number of carbonyl (C=O) groups is 1. The van der Waals surface area contributed by atoms with Gasteiger partial charge >= 0.3 is 0 Å². The van der Waals surface area contributed by atoms with Gasteiger partial charge in [0.1, 0.15) is 5.60 Å². The first kappa shape index (κ1) is 11.7. The molecule has 0 bridgehead atoms. The Morgan fingerprint density at radius 3 is 2.76 bits per heavy atom. The number of fused-ring (bicyclic) bond motifs is 1. The van der Waals surface area contributed by atoms with Gasteiger partial charge in [0.05, 0.1) is 0 Å². The number of carbonyl (C=O) groups excluding carboxylic acids is 1. The number of aromatic nitrogens is 1. The van der Waals surface area contributed by atoms with Crippen LogP contribution < -0.4 is 0 Å². The van der Waals surface area contributed by atoms with Crippen molar-refractivity contribution in [2.75, 3.05) is 0 Å². The Kier molecular flexibility index (Phi) is 2.94. The highest BCUT2D eigenvalue weighted by Crippen LogP contribution is 2.23. The minimum absolute atomic E-state index is 0.274. The van der Waals surface area contributed by atoms with Gasteiger partial charge in [0.25, 0.3) is 0 Å². The zero-order chi connectivity index (χ0) is 12.5. The quantitative estimate of drug-likeness (QED) is 0.823. The lowest BCUT2D eigenvalue weighted by molar-refractivity contribution is 0.0392. The molecular weight excluding hydrogens is 214 g/mol. The molecule has 0 spiro atoms. The average molecular weight is 229 g/mol. The zero-order valence-electron chi connectivity index (χ0n) is 9.97. The SMILES string of the molecule is CCC(C)(O)C(=O)c1cncc2ccccc12. The van der Waals surface area contributed by atoms with Crippen molar-refractivity contribution in [3.63, 3.8) is 0 Å². The maximum atomic E-state index is 12.2. The van der Waals surface area contributed by atoms with Crippen molar-refractivity contribution in [1.29, 1.82) is 0 Å². The van der Waals surface area contributed by atoms with E-state index in [1.165, 1.54) is 13.1 Å². The highest BCUT2D eigenvalue weighted by molar-refractivity contribution is 6.11. The van der Waals surface area contributed by atoms with Crippen molar-refractivity contribution in [3.8, 4) is 0 Å². The fourth-order valence-electron chi connectivity index (χ4n) is 1.75. The van der Waals surface area contributed by atoms with E-state index in [1.54, 1.807) is 13.1 Å². The summed E-state index contributed by atoms with van der Waals surface area (Å²) in [6.07, 6.45) is 3.62. The average Bonchev–Trinajstić information content (AvgIpc) is 2.37. The summed E-state index contributed by atoms with van der Waals surface area (Å²) < 4.78 is 0. The number of ketones is 1. The Labute approximate surface area is 100 Å². The van der Waals surface area contributed by atoms with E-state index in [9.17, 15) is 9.90 Å². The fraction of sp³-hybridized carbons (Fsp3) is 0.286. The molecule has 0 radical (unpaired) electrons. The number of Topliss-reactive ketones (excluding diaryl/α,β-unsaturated/α-hetero) is 1. The number of rotatable bonds is 3. The van der Waals surface area contributed by atoms with Gasteiger partial charge in [-0.25, -0.2) is 0 Å². The molecule has 1 aromatic heterocycles. The summed E-state index contributed by atoms with van der Waals surface area (Å²) in [5, 5.41) is 11.8. The molecule has 3 nitrogen and oxygen atoms in total. The number of nitrogens with zero attached hydrogens (tertiary/aromatic N) is 1. The lowest BCUT2D eigenvalue weighted by Crippen LogP contribution is -2.34. The normalized spacial score (nSPS) is 14.5. The maximum absolute atomic E-state index is 12.2. The number of benzene rings is 1. The molecule has 0 amide bonds. The summed E-state index contributed by atoms with van der Waals surface area (Å²) in [6, 6.07) is 7.55. The van der Waals surface area contributed by atoms with Crippen LogP contribution in [0.15, 0.2) is 36.7 Å². The number of pyridine rings is 1. The van der Waals surface area contributed by atoms with Crippen LogP contribution in [-0.2, 0) is 0 Å². The first-order valence-corrected chi connectivity index (χ1v) is 5.66. The van der Waals surface area contributed by atoms with Crippen LogP contribution >= 0.6 is 0 Å². The van der Waals surface area contributed by atoms with E-state index < -0.39 is 5.60 Å². The van der Waals surface area contributed by atoms with E-state index in [4.69, 9.17) is 0 Å². The van der Waals surface area contributed by atoms with Gasteiger partial charge in [-0.1, -0.05) is 31.2 Å². The Hall–Kier alpha value is -1.74. The Balaban J connectivity index is 2.60. The van der Waals surface area contributed by atoms with E-state index >= 15 is 0 Å². The molecule has 0 aliphatic carbocycles. The second-order valence-electron chi connectivity index (χ2n) is 4.36. The van der Waals surface area contributed by atoms with Crippen LogP contribution in [0.25, 0.3) is 10.8 Å². The van der Waals surface area contributed by atoms with Crippen LogP contribution in [0, 0.1) is 0 Å². The molecule has 2 rings (SSSR count). The number of aliphatic hydroxyl groups is 1. The van der Waals surface area contributed by atoms with Crippen molar-refractivity contribution >= 4 is 16.6 Å². The molecule has 1 heterocycles. The van der Waals surface area contributed by atoms with E-state index in [2.05, 4.69) is 4.98 Å².